The molecule has 4 heterocycles. The second-order valence-corrected chi connectivity index (χ2v) is 11.0. The van der Waals surface area contributed by atoms with Gasteiger partial charge in [-0.3, -0.25) is 9.78 Å². The van der Waals surface area contributed by atoms with Crippen molar-refractivity contribution < 1.29 is 18.7 Å². The molecule has 0 saturated carbocycles. The molecule has 37 heavy (non-hydrogen) atoms. The number of halogens is 1. The number of hydrogen-bond donors (Lipinski definition) is 1. The predicted molar refractivity (Wildman–Crippen MR) is 142 cm³/mol. The average molecular weight is 502 g/mol. The number of alkyl halides is 1. The molecule has 2 aromatic carbocycles. The largest absolute Gasteiger partial charge is 0.380 e. The number of rotatable bonds is 4. The van der Waals surface area contributed by atoms with E-state index >= 15 is 0 Å². The maximum absolute atomic E-state index is 14.4. The minimum Gasteiger partial charge on any atom is -0.380 e. The van der Waals surface area contributed by atoms with Gasteiger partial charge in [-0.15, -0.1) is 0 Å². The zero-order valence-corrected chi connectivity index (χ0v) is 21.5. The normalized spacial score (nSPS) is 20.1. The highest BCUT2D eigenvalue weighted by molar-refractivity contribution is 6.04. The van der Waals surface area contributed by atoms with Crippen molar-refractivity contribution in [2.45, 2.75) is 38.9 Å². The van der Waals surface area contributed by atoms with Crippen LogP contribution in [-0.4, -0.2) is 49.9 Å². The van der Waals surface area contributed by atoms with E-state index in [1.54, 1.807) is 6.07 Å². The molecule has 1 aromatic heterocycles. The van der Waals surface area contributed by atoms with Gasteiger partial charge in [0.05, 0.1) is 38.2 Å². The van der Waals surface area contributed by atoms with Gasteiger partial charge in [0, 0.05) is 35.1 Å². The summed E-state index contributed by atoms with van der Waals surface area (Å²) in [6.07, 6.45) is 2.48. The van der Waals surface area contributed by atoms with Crippen LogP contribution in [0.3, 0.4) is 0 Å². The zero-order chi connectivity index (χ0) is 25.8. The number of morpholine rings is 1. The number of hydrogen-bond acceptors (Lipinski definition) is 5. The van der Waals surface area contributed by atoms with Crippen molar-refractivity contribution in [2.24, 2.45) is 5.41 Å². The third-order valence-electron chi connectivity index (χ3n) is 7.99. The van der Waals surface area contributed by atoms with Crippen LogP contribution in [0.5, 0.6) is 0 Å². The first-order chi connectivity index (χ1) is 17.7. The highest BCUT2D eigenvalue weighted by Gasteiger charge is 2.52. The number of pyridine rings is 1. The van der Waals surface area contributed by atoms with E-state index in [1.807, 2.05) is 18.2 Å². The lowest BCUT2D eigenvalue weighted by Gasteiger charge is -2.56. The SMILES string of the molecule is Cc1ccc(NC(=O)c2ccnc(C(C)(C)F)c2)cc1-c1ccc2c(c1)N1CCOC[C@@H]1C1(COC1)C2. The summed E-state index contributed by atoms with van der Waals surface area (Å²) in [6, 6.07) is 16.1. The van der Waals surface area contributed by atoms with Crippen LogP contribution in [0, 0.1) is 12.3 Å². The molecule has 1 N–H and O–H groups in total. The molecule has 0 radical (unpaired) electrons. The van der Waals surface area contributed by atoms with Gasteiger partial charge in [-0.25, -0.2) is 4.39 Å². The molecule has 1 amide bonds. The Bertz CT molecular complexity index is 1360. The molecule has 0 unspecified atom stereocenters. The van der Waals surface area contributed by atoms with E-state index < -0.39 is 5.67 Å². The predicted octanol–water partition coefficient (Wildman–Crippen LogP) is 5.29. The first-order valence-corrected chi connectivity index (χ1v) is 12.9. The average Bonchev–Trinajstić information content (AvgIpc) is 2.87. The Morgan fingerprint density at radius 3 is 2.73 bits per heavy atom. The van der Waals surface area contributed by atoms with Crippen molar-refractivity contribution in [3.8, 4) is 11.1 Å². The number of aryl methyl sites for hydroxylation is 1. The molecule has 6 nitrogen and oxygen atoms in total. The van der Waals surface area contributed by atoms with E-state index in [2.05, 4.69) is 40.3 Å². The topological polar surface area (TPSA) is 63.7 Å². The second kappa shape index (κ2) is 8.92. The van der Waals surface area contributed by atoms with Crippen molar-refractivity contribution in [2.75, 3.05) is 43.2 Å². The summed E-state index contributed by atoms with van der Waals surface area (Å²) in [4.78, 5) is 19.6. The lowest BCUT2D eigenvalue weighted by atomic mass is 9.69. The van der Waals surface area contributed by atoms with Crippen LogP contribution in [0.4, 0.5) is 15.8 Å². The third-order valence-corrected chi connectivity index (χ3v) is 7.99. The van der Waals surface area contributed by atoms with Gasteiger partial charge in [-0.05, 0) is 79.8 Å². The number of anilines is 2. The lowest BCUT2D eigenvalue weighted by molar-refractivity contribution is -0.145. The highest BCUT2D eigenvalue weighted by atomic mass is 19.1. The van der Waals surface area contributed by atoms with Crippen LogP contribution in [0.15, 0.2) is 54.7 Å². The fourth-order valence-electron chi connectivity index (χ4n) is 5.81. The van der Waals surface area contributed by atoms with Gasteiger partial charge in [0.1, 0.15) is 5.67 Å². The number of benzene rings is 2. The summed E-state index contributed by atoms with van der Waals surface area (Å²) in [5.74, 6) is -0.294. The molecule has 2 saturated heterocycles. The summed E-state index contributed by atoms with van der Waals surface area (Å²) in [5.41, 5.74) is 5.77. The molecular weight excluding hydrogens is 469 g/mol. The van der Waals surface area contributed by atoms with Crippen LogP contribution >= 0.6 is 0 Å². The number of amides is 1. The molecule has 7 heteroatoms. The molecule has 2 fully saturated rings. The fraction of sp³-hybridized carbons (Fsp3) is 0.400. The standard InChI is InChI=1S/C30H32FN3O3/c1-19-4-7-23(33-28(35)21-8-9-32-26(13-21)29(2,3)31)14-24(19)20-5-6-22-15-30(17-37-18-30)27-16-36-11-10-34(27)25(22)12-20/h4-9,12-14,27H,10-11,15-18H2,1-3H3,(H,33,35)/t27-/m1/s1. The number of carbonyl (C=O) groups excluding carboxylic acids is 1. The molecule has 0 aliphatic carbocycles. The van der Waals surface area contributed by atoms with E-state index in [1.165, 1.54) is 37.4 Å². The van der Waals surface area contributed by atoms with Gasteiger partial charge in [0.25, 0.3) is 5.91 Å². The summed E-state index contributed by atoms with van der Waals surface area (Å²) >= 11 is 0. The Labute approximate surface area is 216 Å². The van der Waals surface area contributed by atoms with Crippen LogP contribution in [0.2, 0.25) is 0 Å². The van der Waals surface area contributed by atoms with Crippen molar-refractivity contribution >= 4 is 17.3 Å². The maximum atomic E-state index is 14.4. The van der Waals surface area contributed by atoms with Gasteiger partial charge in [0.15, 0.2) is 0 Å². The van der Waals surface area contributed by atoms with E-state index in [4.69, 9.17) is 9.47 Å². The minimum absolute atomic E-state index is 0.152. The Kier molecular flexibility index (Phi) is 5.81. The van der Waals surface area contributed by atoms with Gasteiger partial charge in [-0.1, -0.05) is 18.2 Å². The Balaban J connectivity index is 1.29. The quantitative estimate of drug-likeness (QED) is 0.526. The van der Waals surface area contributed by atoms with Crippen molar-refractivity contribution in [1.29, 1.82) is 0 Å². The summed E-state index contributed by atoms with van der Waals surface area (Å²) in [5, 5.41) is 2.98. The molecule has 0 bridgehead atoms. The second-order valence-electron chi connectivity index (χ2n) is 11.0. The number of ether oxygens (including phenoxy) is 2. The van der Waals surface area contributed by atoms with Crippen LogP contribution < -0.4 is 10.2 Å². The van der Waals surface area contributed by atoms with E-state index in [-0.39, 0.29) is 17.0 Å². The molecule has 3 aliphatic rings. The van der Waals surface area contributed by atoms with E-state index in [9.17, 15) is 9.18 Å². The lowest BCUT2D eigenvalue weighted by Crippen LogP contribution is -2.65. The fourth-order valence-corrected chi connectivity index (χ4v) is 5.81. The molecule has 1 spiro atoms. The number of nitrogens with one attached hydrogen (secondary N) is 1. The first kappa shape index (κ1) is 24.1. The van der Waals surface area contributed by atoms with Gasteiger partial charge in [-0.2, -0.15) is 0 Å². The molecule has 3 aromatic rings. The van der Waals surface area contributed by atoms with Crippen LogP contribution in [0.1, 0.15) is 41.0 Å². The number of carbonyl (C=O) groups is 1. The zero-order valence-electron chi connectivity index (χ0n) is 21.5. The van der Waals surface area contributed by atoms with Gasteiger partial charge >= 0.3 is 0 Å². The molecule has 3 aliphatic heterocycles. The highest BCUT2D eigenvalue weighted by Crippen LogP contribution is 2.47. The molecule has 6 rings (SSSR count). The summed E-state index contributed by atoms with van der Waals surface area (Å²) in [6.45, 7) is 8.88. The van der Waals surface area contributed by atoms with Crippen LogP contribution in [-0.2, 0) is 21.6 Å². The number of fused-ring (bicyclic) bond motifs is 4. The van der Waals surface area contributed by atoms with Gasteiger partial charge in [0.2, 0.25) is 0 Å². The van der Waals surface area contributed by atoms with Crippen molar-refractivity contribution in [3.05, 3.63) is 77.1 Å². The monoisotopic (exact) mass is 501 g/mol. The first-order valence-electron chi connectivity index (χ1n) is 12.9. The number of nitrogens with zero attached hydrogens (tertiary/aromatic N) is 2. The Morgan fingerprint density at radius 2 is 1.97 bits per heavy atom. The van der Waals surface area contributed by atoms with Crippen molar-refractivity contribution in [3.63, 3.8) is 0 Å². The van der Waals surface area contributed by atoms with E-state index in [0.717, 1.165) is 56.1 Å². The number of aromatic nitrogens is 1. The van der Waals surface area contributed by atoms with E-state index in [0.29, 0.717) is 17.3 Å². The maximum Gasteiger partial charge on any atom is 0.255 e. The Hall–Kier alpha value is -3.29. The summed E-state index contributed by atoms with van der Waals surface area (Å²) in [7, 11) is 0. The van der Waals surface area contributed by atoms with Crippen molar-refractivity contribution in [1.82, 2.24) is 4.98 Å². The summed E-state index contributed by atoms with van der Waals surface area (Å²) < 4.78 is 25.9. The molecular formula is C30H32FN3O3. The molecule has 192 valence electrons. The minimum atomic E-state index is -1.62. The third kappa shape index (κ3) is 4.30. The van der Waals surface area contributed by atoms with Crippen LogP contribution in [0.25, 0.3) is 11.1 Å². The molecule has 1 atom stereocenters. The smallest absolute Gasteiger partial charge is 0.255 e. The Morgan fingerprint density at radius 1 is 1.14 bits per heavy atom. The van der Waals surface area contributed by atoms with Gasteiger partial charge < -0.3 is 19.7 Å².